The van der Waals surface area contributed by atoms with Crippen LogP contribution in [-0.4, -0.2) is 52.0 Å². The summed E-state index contributed by atoms with van der Waals surface area (Å²) in [6.45, 7) is 5.48. The summed E-state index contributed by atoms with van der Waals surface area (Å²) in [6.07, 6.45) is 3.69. The topological polar surface area (TPSA) is 91.4 Å². The third-order valence-corrected chi connectivity index (χ3v) is 9.04. The molecule has 2 N–H and O–H groups in total. The number of benzene rings is 1. The second kappa shape index (κ2) is 9.03. The Labute approximate surface area is 206 Å². The number of aryl methyl sites for hydroxylation is 1. The van der Waals surface area contributed by atoms with Gasteiger partial charge in [-0.25, -0.2) is 9.78 Å². The fraction of sp³-hybridized carbons (Fsp3) is 0.360. The minimum Gasteiger partial charge on any atom is -0.338 e. The molecule has 0 unspecified atom stereocenters. The van der Waals surface area contributed by atoms with Crippen molar-refractivity contribution in [2.24, 2.45) is 0 Å². The number of anilines is 1. The first-order valence-electron chi connectivity index (χ1n) is 11.4. The van der Waals surface area contributed by atoms with E-state index in [1.807, 2.05) is 30.9 Å². The number of nitrogens with one attached hydrogen (secondary N) is 2. The van der Waals surface area contributed by atoms with Crippen molar-refractivity contribution in [3.05, 3.63) is 53.2 Å². The van der Waals surface area contributed by atoms with Crippen molar-refractivity contribution in [3.63, 3.8) is 0 Å². The molecule has 1 fully saturated rings. The minimum absolute atomic E-state index is 0.107. The highest BCUT2D eigenvalue weighted by molar-refractivity contribution is 8.01. The number of Topliss-reactive ketones (excluding diaryl/α,β-unsaturated/α-hetero) is 1. The normalized spacial score (nSPS) is 17.0. The van der Waals surface area contributed by atoms with Crippen LogP contribution in [0, 0.1) is 6.92 Å². The zero-order valence-corrected chi connectivity index (χ0v) is 20.8. The lowest BCUT2D eigenvalue weighted by molar-refractivity contribution is 0.0699. The molecule has 0 bridgehead atoms. The van der Waals surface area contributed by atoms with E-state index in [1.54, 1.807) is 24.0 Å². The van der Waals surface area contributed by atoms with Gasteiger partial charge in [0.2, 0.25) is 0 Å². The smallest absolute Gasteiger partial charge is 0.319 e. The number of aromatic nitrogens is 1. The highest BCUT2D eigenvalue weighted by atomic mass is 32.2. The predicted molar refractivity (Wildman–Crippen MR) is 136 cm³/mol. The largest absolute Gasteiger partial charge is 0.338 e. The van der Waals surface area contributed by atoms with Gasteiger partial charge >= 0.3 is 6.03 Å². The van der Waals surface area contributed by atoms with Gasteiger partial charge in [0, 0.05) is 52.8 Å². The lowest BCUT2D eigenvalue weighted by atomic mass is 9.87. The molecule has 0 atom stereocenters. The van der Waals surface area contributed by atoms with Gasteiger partial charge in [-0.2, -0.15) is 0 Å². The number of rotatable bonds is 3. The van der Waals surface area contributed by atoms with E-state index in [-0.39, 0.29) is 22.5 Å². The molecule has 5 rings (SSSR count). The van der Waals surface area contributed by atoms with Gasteiger partial charge in [0.15, 0.2) is 5.78 Å². The van der Waals surface area contributed by atoms with E-state index in [2.05, 4.69) is 27.8 Å². The van der Waals surface area contributed by atoms with Crippen LogP contribution in [-0.2, 0) is 0 Å². The van der Waals surface area contributed by atoms with E-state index in [4.69, 9.17) is 0 Å². The number of piperidine rings is 1. The maximum Gasteiger partial charge on any atom is 0.319 e. The summed E-state index contributed by atoms with van der Waals surface area (Å²) in [5, 5.41) is 6.80. The molecule has 176 valence electrons. The SMILES string of the molecule is CCNC(=O)Nc1sc2ncccc2c1C(=O)N1CCC2(CC1)CC(=O)c1cc(C)ccc1S2. The molecule has 4 heterocycles. The van der Waals surface area contributed by atoms with Gasteiger partial charge < -0.3 is 10.2 Å². The van der Waals surface area contributed by atoms with Crippen molar-refractivity contribution in [2.75, 3.05) is 25.0 Å². The van der Waals surface area contributed by atoms with Gasteiger partial charge in [-0.1, -0.05) is 23.0 Å². The molecule has 1 saturated heterocycles. The van der Waals surface area contributed by atoms with Crippen LogP contribution in [0.2, 0.25) is 0 Å². The lowest BCUT2D eigenvalue weighted by Gasteiger charge is -2.43. The maximum absolute atomic E-state index is 13.7. The van der Waals surface area contributed by atoms with Crippen LogP contribution >= 0.6 is 23.1 Å². The Morgan fingerprint density at radius 2 is 2.00 bits per heavy atom. The minimum atomic E-state index is -0.341. The molecule has 0 radical (unpaired) electrons. The Hall–Kier alpha value is -2.91. The molecule has 2 aliphatic heterocycles. The molecule has 1 aromatic carbocycles. The van der Waals surface area contributed by atoms with Crippen LogP contribution in [0.4, 0.5) is 9.80 Å². The van der Waals surface area contributed by atoms with Crippen molar-refractivity contribution in [3.8, 4) is 0 Å². The van der Waals surface area contributed by atoms with Crippen molar-refractivity contribution in [1.29, 1.82) is 0 Å². The van der Waals surface area contributed by atoms with Crippen molar-refractivity contribution >= 4 is 56.0 Å². The molecule has 0 saturated carbocycles. The third kappa shape index (κ3) is 4.18. The second-order valence-corrected chi connectivity index (χ2v) is 11.3. The molecular formula is C25H26N4O3S2. The number of thiophene rings is 1. The van der Waals surface area contributed by atoms with Crippen LogP contribution in [0.15, 0.2) is 41.4 Å². The zero-order chi connectivity index (χ0) is 23.9. The number of amides is 3. The summed E-state index contributed by atoms with van der Waals surface area (Å²) in [5.74, 6) is 0.0876. The number of hydrogen-bond donors (Lipinski definition) is 2. The summed E-state index contributed by atoms with van der Waals surface area (Å²) in [5.41, 5.74) is 2.41. The molecular weight excluding hydrogens is 468 g/mol. The Bertz CT molecular complexity index is 1290. The van der Waals surface area contributed by atoms with E-state index >= 15 is 0 Å². The van der Waals surface area contributed by atoms with E-state index in [0.717, 1.165) is 34.3 Å². The van der Waals surface area contributed by atoms with Gasteiger partial charge in [-0.15, -0.1) is 11.8 Å². The number of hydrogen-bond acceptors (Lipinski definition) is 6. The highest BCUT2D eigenvalue weighted by Gasteiger charge is 2.43. The first kappa shape index (κ1) is 22.9. The molecule has 2 aromatic heterocycles. The van der Waals surface area contributed by atoms with Gasteiger partial charge in [0.1, 0.15) is 9.83 Å². The number of thioether (sulfide) groups is 1. The molecule has 1 spiro atoms. The average Bonchev–Trinajstić information content (AvgIpc) is 3.17. The lowest BCUT2D eigenvalue weighted by Crippen LogP contribution is -2.47. The Kier molecular flexibility index (Phi) is 6.07. The number of carbonyl (C=O) groups excluding carboxylic acids is 3. The number of likely N-dealkylation sites (tertiary alicyclic amines) is 1. The number of fused-ring (bicyclic) bond motifs is 2. The molecule has 7 nitrogen and oxygen atoms in total. The van der Waals surface area contributed by atoms with Crippen LogP contribution in [0.5, 0.6) is 0 Å². The zero-order valence-electron chi connectivity index (χ0n) is 19.1. The van der Waals surface area contributed by atoms with E-state index in [0.29, 0.717) is 41.5 Å². The molecule has 3 aromatic rings. The quantitative estimate of drug-likeness (QED) is 0.529. The van der Waals surface area contributed by atoms with E-state index in [9.17, 15) is 14.4 Å². The molecule has 3 amide bonds. The fourth-order valence-electron chi connectivity index (χ4n) is 4.70. The maximum atomic E-state index is 13.7. The van der Waals surface area contributed by atoms with Crippen LogP contribution in [0.1, 0.15) is 52.5 Å². The highest BCUT2D eigenvalue weighted by Crippen LogP contribution is 2.49. The van der Waals surface area contributed by atoms with Crippen LogP contribution in [0.25, 0.3) is 10.2 Å². The van der Waals surface area contributed by atoms with Gasteiger partial charge in [0.05, 0.1) is 5.56 Å². The predicted octanol–water partition coefficient (Wildman–Crippen LogP) is 5.10. The molecule has 2 aliphatic rings. The number of ketones is 1. The summed E-state index contributed by atoms with van der Waals surface area (Å²) in [7, 11) is 0. The number of nitrogens with zero attached hydrogens (tertiary/aromatic N) is 2. The third-order valence-electron chi connectivity index (χ3n) is 6.45. The summed E-state index contributed by atoms with van der Waals surface area (Å²) >= 11 is 3.10. The molecule has 34 heavy (non-hydrogen) atoms. The second-order valence-electron chi connectivity index (χ2n) is 8.82. The van der Waals surface area contributed by atoms with Crippen molar-refractivity contribution in [1.82, 2.24) is 15.2 Å². The van der Waals surface area contributed by atoms with E-state index in [1.165, 1.54) is 11.3 Å². The average molecular weight is 495 g/mol. The van der Waals surface area contributed by atoms with Gasteiger partial charge in [0.25, 0.3) is 5.91 Å². The van der Waals surface area contributed by atoms with Crippen molar-refractivity contribution in [2.45, 2.75) is 42.8 Å². The van der Waals surface area contributed by atoms with E-state index < -0.39 is 0 Å². The first-order chi connectivity index (χ1) is 16.4. The fourth-order valence-corrected chi connectivity index (χ4v) is 7.21. The monoisotopic (exact) mass is 494 g/mol. The number of urea groups is 1. The first-order valence-corrected chi connectivity index (χ1v) is 13.1. The number of carbonyl (C=O) groups is 3. The Balaban J connectivity index is 1.37. The molecule has 0 aliphatic carbocycles. The summed E-state index contributed by atoms with van der Waals surface area (Å²) < 4.78 is -0.170. The Morgan fingerprint density at radius 1 is 1.21 bits per heavy atom. The van der Waals surface area contributed by atoms with Gasteiger partial charge in [-0.05, 0) is 51.0 Å². The summed E-state index contributed by atoms with van der Waals surface area (Å²) in [4.78, 5) is 46.8. The standard InChI is InChI=1S/C25H26N4O3S2/c1-3-26-24(32)28-22-20(16-5-4-10-27-21(16)33-22)23(31)29-11-8-25(9-12-29)14-18(30)17-13-15(2)6-7-19(17)34-25/h4-7,10,13H,3,8-9,11-12,14H2,1-2H3,(H2,26,28,32). The van der Waals surface area contributed by atoms with Gasteiger partial charge in [-0.3, -0.25) is 14.9 Å². The Morgan fingerprint density at radius 3 is 2.76 bits per heavy atom. The van der Waals surface area contributed by atoms with Crippen LogP contribution in [0.3, 0.4) is 0 Å². The van der Waals surface area contributed by atoms with Crippen molar-refractivity contribution < 1.29 is 14.4 Å². The summed E-state index contributed by atoms with van der Waals surface area (Å²) in [6, 6.07) is 9.41. The molecule has 9 heteroatoms. The number of pyridine rings is 1. The van der Waals surface area contributed by atoms with Crippen LogP contribution < -0.4 is 10.6 Å².